The van der Waals surface area contributed by atoms with Crippen LogP contribution in [0.4, 0.5) is 0 Å². The molecule has 3 rings (SSSR count). The lowest BCUT2D eigenvalue weighted by Gasteiger charge is -2.04. The number of rotatable bonds is 4. The third-order valence-corrected chi connectivity index (χ3v) is 3.37. The van der Waals surface area contributed by atoms with E-state index in [1.54, 1.807) is 12.1 Å². The fraction of sp³-hybridized carbons (Fsp3) is 0.176. The normalized spacial score (nSPS) is 10.5. The molecule has 0 unspecified atom stereocenters. The van der Waals surface area contributed by atoms with Gasteiger partial charge in [-0.25, -0.2) is 0 Å². The molecule has 0 fully saturated rings. The summed E-state index contributed by atoms with van der Waals surface area (Å²) in [5.41, 5.74) is 2.62. The van der Waals surface area contributed by atoms with Crippen LogP contribution in [0, 0.1) is 11.3 Å². The summed E-state index contributed by atoms with van der Waals surface area (Å²) in [6, 6.07) is 17.4. The van der Waals surface area contributed by atoms with Gasteiger partial charge in [0.25, 0.3) is 0 Å². The molecule has 0 bridgehead atoms. The van der Waals surface area contributed by atoms with Gasteiger partial charge in [-0.3, -0.25) is 4.68 Å². The predicted octanol–water partition coefficient (Wildman–Crippen LogP) is 3.51. The van der Waals surface area contributed by atoms with Crippen LogP contribution in [0.3, 0.4) is 0 Å². The van der Waals surface area contributed by atoms with Crippen molar-refractivity contribution in [3.8, 4) is 11.8 Å². The number of aryl methyl sites for hydroxylation is 1. The van der Waals surface area contributed by atoms with Crippen molar-refractivity contribution < 1.29 is 4.74 Å². The molecule has 104 valence electrons. The predicted molar refractivity (Wildman–Crippen MR) is 80.9 cm³/mol. The first-order valence-corrected chi connectivity index (χ1v) is 6.89. The van der Waals surface area contributed by atoms with Crippen LogP contribution in [0.1, 0.15) is 18.2 Å². The molecule has 4 heteroatoms. The fourth-order valence-electron chi connectivity index (χ4n) is 2.35. The lowest BCUT2D eigenvalue weighted by atomic mass is 10.2. The molecule has 0 N–H and O–H groups in total. The number of aromatic nitrogens is 2. The molecule has 2 aromatic carbocycles. The Hall–Kier alpha value is -2.80. The summed E-state index contributed by atoms with van der Waals surface area (Å²) < 4.78 is 7.75. The first-order valence-electron chi connectivity index (χ1n) is 6.89. The van der Waals surface area contributed by atoms with Crippen LogP contribution in [0.25, 0.3) is 10.9 Å². The highest BCUT2D eigenvalue weighted by atomic mass is 16.5. The van der Waals surface area contributed by atoms with E-state index in [9.17, 15) is 0 Å². The maximum Gasteiger partial charge on any atom is 0.133 e. The SMILES string of the molecule is CCn1nc(COc2cccc(C#N)c2)c2ccccc21. The molecular formula is C17H15N3O. The van der Waals surface area contributed by atoms with Crippen LogP contribution in [0.5, 0.6) is 5.75 Å². The molecule has 0 aliphatic carbocycles. The summed E-state index contributed by atoms with van der Waals surface area (Å²) >= 11 is 0. The summed E-state index contributed by atoms with van der Waals surface area (Å²) in [5, 5.41) is 14.6. The monoisotopic (exact) mass is 277 g/mol. The summed E-state index contributed by atoms with van der Waals surface area (Å²) in [7, 11) is 0. The van der Waals surface area contributed by atoms with Crippen molar-refractivity contribution in [1.29, 1.82) is 5.26 Å². The number of benzene rings is 2. The number of ether oxygens (including phenoxy) is 1. The minimum atomic E-state index is 0.391. The maximum atomic E-state index is 8.90. The van der Waals surface area contributed by atoms with Crippen molar-refractivity contribution in [2.75, 3.05) is 0 Å². The molecule has 0 aliphatic rings. The quantitative estimate of drug-likeness (QED) is 0.733. The standard InChI is InChI=1S/C17H15N3O/c1-2-20-17-9-4-3-8-15(17)16(19-20)12-21-14-7-5-6-13(10-14)11-18/h3-10H,2,12H2,1H3. The molecule has 1 aromatic heterocycles. The van der Waals surface area contributed by atoms with E-state index in [0.717, 1.165) is 23.1 Å². The zero-order valence-corrected chi connectivity index (χ0v) is 11.8. The lowest BCUT2D eigenvalue weighted by Crippen LogP contribution is -2.00. The van der Waals surface area contributed by atoms with Crippen LogP contribution in [0.2, 0.25) is 0 Å². The first kappa shape index (κ1) is 13.2. The van der Waals surface area contributed by atoms with E-state index in [0.29, 0.717) is 17.9 Å². The van der Waals surface area contributed by atoms with Gasteiger partial charge < -0.3 is 4.74 Å². The lowest BCUT2D eigenvalue weighted by molar-refractivity contribution is 0.301. The van der Waals surface area contributed by atoms with Crippen molar-refractivity contribution in [3.63, 3.8) is 0 Å². The van der Waals surface area contributed by atoms with Crippen LogP contribution in [-0.2, 0) is 13.2 Å². The topological polar surface area (TPSA) is 50.8 Å². The molecule has 0 atom stereocenters. The number of hydrogen-bond acceptors (Lipinski definition) is 3. The maximum absolute atomic E-state index is 8.90. The van der Waals surface area contributed by atoms with Gasteiger partial charge in [0.2, 0.25) is 0 Å². The number of nitrogens with zero attached hydrogens (tertiary/aromatic N) is 3. The molecule has 0 saturated carbocycles. The Labute approximate surface area is 123 Å². The second kappa shape index (κ2) is 5.68. The summed E-state index contributed by atoms with van der Waals surface area (Å²) in [5.74, 6) is 0.684. The number of hydrogen-bond donors (Lipinski definition) is 0. The fourth-order valence-corrected chi connectivity index (χ4v) is 2.35. The Bertz CT molecular complexity index is 814. The second-order valence-corrected chi connectivity index (χ2v) is 4.71. The van der Waals surface area contributed by atoms with Gasteiger partial charge in [0, 0.05) is 11.9 Å². The summed E-state index contributed by atoms with van der Waals surface area (Å²) in [6.45, 7) is 3.29. The van der Waals surface area contributed by atoms with Gasteiger partial charge >= 0.3 is 0 Å². The highest BCUT2D eigenvalue weighted by molar-refractivity contribution is 5.81. The van der Waals surface area contributed by atoms with Crippen molar-refractivity contribution >= 4 is 10.9 Å². The third kappa shape index (κ3) is 2.59. The smallest absolute Gasteiger partial charge is 0.133 e. The van der Waals surface area contributed by atoms with E-state index in [-0.39, 0.29) is 0 Å². The Morgan fingerprint density at radius 1 is 1.19 bits per heavy atom. The van der Waals surface area contributed by atoms with Gasteiger partial charge in [-0.05, 0) is 31.2 Å². The molecule has 4 nitrogen and oxygen atoms in total. The second-order valence-electron chi connectivity index (χ2n) is 4.71. The van der Waals surface area contributed by atoms with Crippen LogP contribution in [0.15, 0.2) is 48.5 Å². The van der Waals surface area contributed by atoms with Crippen molar-refractivity contribution in [2.45, 2.75) is 20.1 Å². The highest BCUT2D eigenvalue weighted by Crippen LogP contribution is 2.21. The largest absolute Gasteiger partial charge is 0.487 e. The van der Waals surface area contributed by atoms with Crippen molar-refractivity contribution in [1.82, 2.24) is 9.78 Å². The van der Waals surface area contributed by atoms with Crippen LogP contribution in [-0.4, -0.2) is 9.78 Å². The first-order chi connectivity index (χ1) is 10.3. The number of fused-ring (bicyclic) bond motifs is 1. The van der Waals surface area contributed by atoms with Gasteiger partial charge in [0.05, 0.1) is 17.1 Å². The number of nitriles is 1. The molecule has 0 spiro atoms. The molecular weight excluding hydrogens is 262 g/mol. The van der Waals surface area contributed by atoms with E-state index < -0.39 is 0 Å². The minimum absolute atomic E-state index is 0.391. The number of para-hydroxylation sites is 1. The van der Waals surface area contributed by atoms with Gasteiger partial charge in [-0.2, -0.15) is 10.4 Å². The molecule has 0 radical (unpaired) electrons. The van der Waals surface area contributed by atoms with Crippen molar-refractivity contribution in [3.05, 3.63) is 59.8 Å². The Balaban J connectivity index is 1.87. The Morgan fingerprint density at radius 2 is 2.05 bits per heavy atom. The van der Waals surface area contributed by atoms with E-state index >= 15 is 0 Å². The highest BCUT2D eigenvalue weighted by Gasteiger charge is 2.09. The van der Waals surface area contributed by atoms with Gasteiger partial charge in [0.15, 0.2) is 0 Å². The Kier molecular flexibility index (Phi) is 3.57. The molecule has 1 heterocycles. The Morgan fingerprint density at radius 3 is 2.86 bits per heavy atom. The molecule has 0 aliphatic heterocycles. The van der Waals surface area contributed by atoms with Crippen molar-refractivity contribution in [2.24, 2.45) is 0 Å². The summed E-state index contributed by atoms with van der Waals surface area (Å²) in [4.78, 5) is 0. The van der Waals surface area contributed by atoms with E-state index in [2.05, 4.69) is 30.2 Å². The summed E-state index contributed by atoms with van der Waals surface area (Å²) in [6.07, 6.45) is 0. The van der Waals surface area contributed by atoms with E-state index in [1.807, 2.05) is 28.9 Å². The zero-order valence-electron chi connectivity index (χ0n) is 11.8. The zero-order chi connectivity index (χ0) is 14.7. The van der Waals surface area contributed by atoms with Gasteiger partial charge in [0.1, 0.15) is 18.1 Å². The molecule has 3 aromatic rings. The van der Waals surface area contributed by atoms with Gasteiger partial charge in [-0.1, -0.05) is 24.3 Å². The van der Waals surface area contributed by atoms with Crippen LogP contribution >= 0.6 is 0 Å². The third-order valence-electron chi connectivity index (χ3n) is 3.37. The molecule has 21 heavy (non-hydrogen) atoms. The minimum Gasteiger partial charge on any atom is -0.487 e. The molecule has 0 saturated heterocycles. The average Bonchev–Trinajstić information content (AvgIpc) is 2.91. The molecule has 0 amide bonds. The average molecular weight is 277 g/mol. The van der Waals surface area contributed by atoms with Gasteiger partial charge in [-0.15, -0.1) is 0 Å². The van der Waals surface area contributed by atoms with Crippen LogP contribution < -0.4 is 4.74 Å². The van der Waals surface area contributed by atoms with E-state index in [1.165, 1.54) is 0 Å². The van der Waals surface area contributed by atoms with E-state index in [4.69, 9.17) is 10.00 Å².